The molecular formula is C22H22FN2O5P. The topological polar surface area (TPSA) is 89.0 Å². The number of aromatic hydroxyl groups is 1. The Balaban J connectivity index is 1.89. The molecule has 9 heteroatoms. The van der Waals surface area contributed by atoms with Gasteiger partial charge < -0.3 is 19.1 Å². The summed E-state index contributed by atoms with van der Waals surface area (Å²) in [6.07, 6.45) is 1.49. The molecule has 0 unspecified atom stereocenters. The van der Waals surface area contributed by atoms with Gasteiger partial charge in [-0.1, -0.05) is 18.2 Å². The van der Waals surface area contributed by atoms with E-state index >= 15 is 0 Å². The first-order valence-corrected chi connectivity index (χ1v) is 11.5. The van der Waals surface area contributed by atoms with Crippen molar-refractivity contribution in [2.75, 3.05) is 13.2 Å². The van der Waals surface area contributed by atoms with Gasteiger partial charge in [-0.15, -0.1) is 0 Å². The van der Waals surface area contributed by atoms with Gasteiger partial charge in [0, 0.05) is 30.2 Å². The van der Waals surface area contributed by atoms with E-state index in [4.69, 9.17) is 9.05 Å². The largest absolute Gasteiger partial charge is 0.505 e. The number of hydrogen-bond donors (Lipinski definition) is 1. The van der Waals surface area contributed by atoms with Gasteiger partial charge in [0.05, 0.1) is 24.1 Å². The van der Waals surface area contributed by atoms with E-state index in [2.05, 4.69) is 4.98 Å². The predicted octanol–water partition coefficient (Wildman–Crippen LogP) is 4.13. The van der Waals surface area contributed by atoms with Crippen LogP contribution in [0.15, 0.2) is 42.6 Å². The highest BCUT2D eigenvalue weighted by Crippen LogP contribution is 2.52. The molecule has 2 aromatic carbocycles. The molecule has 1 N–H and O–H groups in total. The highest BCUT2D eigenvalue weighted by Gasteiger charge is 2.41. The fourth-order valence-corrected chi connectivity index (χ4v) is 5.89. The van der Waals surface area contributed by atoms with Crippen LogP contribution in [0.25, 0.3) is 10.9 Å². The molecule has 4 rings (SSSR count). The van der Waals surface area contributed by atoms with E-state index in [1.165, 1.54) is 23.2 Å². The fraction of sp³-hybridized carbons (Fsp3) is 0.273. The van der Waals surface area contributed by atoms with Crippen LogP contribution in [0.5, 0.6) is 5.75 Å². The molecule has 0 aliphatic carbocycles. The Kier molecular flexibility index (Phi) is 5.79. The van der Waals surface area contributed by atoms with Crippen molar-refractivity contribution in [3.8, 4) is 5.75 Å². The molecular weight excluding hydrogens is 422 g/mol. The van der Waals surface area contributed by atoms with Crippen LogP contribution in [0, 0.1) is 5.82 Å². The minimum atomic E-state index is -3.80. The summed E-state index contributed by atoms with van der Waals surface area (Å²) < 4.78 is 38.2. The summed E-state index contributed by atoms with van der Waals surface area (Å²) in [6.45, 7) is 3.99. The fourth-order valence-electron chi connectivity index (χ4n) is 3.89. The second kappa shape index (κ2) is 8.38. The molecule has 162 valence electrons. The van der Waals surface area contributed by atoms with Crippen LogP contribution in [-0.2, 0) is 26.7 Å². The highest BCUT2D eigenvalue weighted by atomic mass is 31.2. The number of nitrogens with zero attached hydrogens (tertiary/aromatic N) is 2. The molecule has 0 saturated heterocycles. The first kappa shape index (κ1) is 21.4. The van der Waals surface area contributed by atoms with Gasteiger partial charge >= 0.3 is 7.60 Å². The molecule has 0 radical (unpaired) electrons. The first-order valence-electron chi connectivity index (χ1n) is 9.95. The number of phenols is 1. The number of rotatable bonds is 7. The number of hydrogen-bond acceptors (Lipinski definition) is 6. The van der Waals surface area contributed by atoms with Crippen molar-refractivity contribution >= 4 is 29.7 Å². The van der Waals surface area contributed by atoms with Crippen LogP contribution in [0.3, 0.4) is 0 Å². The summed E-state index contributed by atoms with van der Waals surface area (Å²) >= 11 is 0. The van der Waals surface area contributed by atoms with E-state index in [1.54, 1.807) is 38.1 Å². The van der Waals surface area contributed by atoms with E-state index in [1.807, 2.05) is 0 Å². The number of fused-ring (bicyclic) bond motifs is 2. The number of benzene rings is 2. The molecule has 0 saturated carbocycles. The van der Waals surface area contributed by atoms with Crippen molar-refractivity contribution in [3.05, 3.63) is 65.1 Å². The molecule has 2 heterocycles. The van der Waals surface area contributed by atoms with Crippen molar-refractivity contribution in [2.24, 2.45) is 0 Å². The maximum atomic E-state index is 13.8. The average molecular weight is 444 g/mol. The molecule has 3 aromatic rings. The number of aromatic nitrogens is 1. The molecule has 1 aliphatic heterocycles. The minimum absolute atomic E-state index is 0.0444. The van der Waals surface area contributed by atoms with Crippen LogP contribution < -0.4 is 5.30 Å². The maximum absolute atomic E-state index is 13.8. The predicted molar refractivity (Wildman–Crippen MR) is 114 cm³/mol. The zero-order valence-corrected chi connectivity index (χ0v) is 18.1. The molecule has 0 bridgehead atoms. The standard InChI is InChI=1S/C22H22FN2O5P/c1-3-29-31(28,30-4-2)21-16-6-5-11-24-19(16)20(26)18-17(21)13-25(22(18)27)12-14-7-9-15(23)10-8-14/h5-11,26H,3-4,12-13H2,1-2H3. The minimum Gasteiger partial charge on any atom is -0.505 e. The lowest BCUT2D eigenvalue weighted by atomic mass is 10.0. The van der Waals surface area contributed by atoms with Crippen molar-refractivity contribution in [1.29, 1.82) is 0 Å². The van der Waals surface area contributed by atoms with E-state index in [9.17, 15) is 18.9 Å². The zero-order valence-electron chi connectivity index (χ0n) is 17.2. The molecule has 1 aliphatic rings. The lowest BCUT2D eigenvalue weighted by Gasteiger charge is -2.22. The van der Waals surface area contributed by atoms with Crippen molar-refractivity contribution < 1.29 is 27.9 Å². The Morgan fingerprint density at radius 3 is 2.48 bits per heavy atom. The smallest absolute Gasteiger partial charge is 0.362 e. The van der Waals surface area contributed by atoms with Crippen molar-refractivity contribution in [1.82, 2.24) is 9.88 Å². The summed E-state index contributed by atoms with van der Waals surface area (Å²) in [6, 6.07) is 9.17. The Morgan fingerprint density at radius 1 is 1.16 bits per heavy atom. The number of halogens is 1. The van der Waals surface area contributed by atoms with Crippen LogP contribution in [0.1, 0.15) is 35.3 Å². The Labute approximate surface area is 179 Å². The van der Waals surface area contributed by atoms with Gasteiger partial charge in [-0.25, -0.2) is 4.39 Å². The van der Waals surface area contributed by atoms with Crippen molar-refractivity contribution in [2.45, 2.75) is 26.9 Å². The van der Waals surface area contributed by atoms with Crippen LogP contribution in [0.4, 0.5) is 4.39 Å². The molecule has 7 nitrogen and oxygen atoms in total. The number of amides is 1. The van der Waals surface area contributed by atoms with Gasteiger partial charge in [0.1, 0.15) is 11.3 Å². The molecule has 1 aromatic heterocycles. The highest BCUT2D eigenvalue weighted by molar-refractivity contribution is 7.63. The summed E-state index contributed by atoms with van der Waals surface area (Å²) in [5.74, 6) is -1.06. The van der Waals surface area contributed by atoms with E-state index in [-0.39, 0.29) is 54.3 Å². The Bertz CT molecular complexity index is 1190. The van der Waals surface area contributed by atoms with Gasteiger partial charge in [-0.05, 0) is 37.6 Å². The normalized spacial score (nSPS) is 13.8. The lowest BCUT2D eigenvalue weighted by molar-refractivity contribution is 0.0764. The van der Waals surface area contributed by atoms with Gasteiger partial charge in [-0.3, -0.25) is 14.3 Å². The second-order valence-corrected chi connectivity index (χ2v) is 9.03. The third-order valence-electron chi connectivity index (χ3n) is 5.12. The maximum Gasteiger partial charge on any atom is 0.362 e. The van der Waals surface area contributed by atoms with Gasteiger partial charge in [-0.2, -0.15) is 0 Å². The average Bonchev–Trinajstić information content (AvgIpc) is 3.06. The summed E-state index contributed by atoms with van der Waals surface area (Å²) in [4.78, 5) is 18.9. The summed E-state index contributed by atoms with van der Waals surface area (Å²) in [5, 5.41) is 11.5. The lowest BCUT2D eigenvalue weighted by Crippen LogP contribution is -2.23. The SMILES string of the molecule is CCOP(=O)(OCC)c1c2c(c(O)c3ncccc13)C(=O)N(Cc1ccc(F)cc1)C2. The molecule has 1 amide bonds. The van der Waals surface area contributed by atoms with Crippen LogP contribution in [-0.4, -0.2) is 34.1 Å². The number of pyridine rings is 1. The monoisotopic (exact) mass is 444 g/mol. The molecule has 31 heavy (non-hydrogen) atoms. The third kappa shape index (κ3) is 3.71. The van der Waals surface area contributed by atoms with Crippen LogP contribution >= 0.6 is 7.60 Å². The third-order valence-corrected chi connectivity index (χ3v) is 7.38. The summed E-state index contributed by atoms with van der Waals surface area (Å²) in [5.41, 5.74) is 1.33. The van der Waals surface area contributed by atoms with E-state index in [0.29, 0.717) is 10.9 Å². The summed E-state index contributed by atoms with van der Waals surface area (Å²) in [7, 11) is -3.80. The Hall–Kier alpha value is -2.80. The quantitative estimate of drug-likeness (QED) is 0.552. The second-order valence-electron chi connectivity index (χ2n) is 7.07. The molecule has 0 fully saturated rings. The first-order chi connectivity index (χ1) is 14.9. The zero-order chi connectivity index (χ0) is 22.2. The number of carbonyl (C=O) groups excluding carboxylic acids is 1. The number of phenolic OH excluding ortho intramolecular Hbond substituents is 1. The molecule has 0 spiro atoms. The van der Waals surface area contributed by atoms with Crippen molar-refractivity contribution in [3.63, 3.8) is 0 Å². The van der Waals surface area contributed by atoms with Gasteiger partial charge in [0.25, 0.3) is 5.91 Å². The van der Waals surface area contributed by atoms with Gasteiger partial charge in [0.2, 0.25) is 0 Å². The molecule has 0 atom stereocenters. The van der Waals surface area contributed by atoms with E-state index < -0.39 is 13.5 Å². The number of carbonyl (C=O) groups is 1. The van der Waals surface area contributed by atoms with E-state index in [0.717, 1.165) is 5.56 Å². The van der Waals surface area contributed by atoms with Crippen LogP contribution in [0.2, 0.25) is 0 Å². The Morgan fingerprint density at radius 2 is 1.84 bits per heavy atom. The van der Waals surface area contributed by atoms with Gasteiger partial charge in [0.15, 0.2) is 5.75 Å².